The number of ether oxygens (including phenoxy) is 2. The normalized spacial score (nSPS) is 9.86. The molecule has 1 amide bonds. The summed E-state index contributed by atoms with van der Waals surface area (Å²) in [6, 6.07) is 16.4. The summed E-state index contributed by atoms with van der Waals surface area (Å²) in [6.07, 6.45) is -0.661. The van der Waals surface area contributed by atoms with Crippen molar-refractivity contribution in [1.29, 1.82) is 0 Å². The summed E-state index contributed by atoms with van der Waals surface area (Å²) in [4.78, 5) is 23.1. The summed E-state index contributed by atoms with van der Waals surface area (Å²) in [5, 5.41) is 2.36. The van der Waals surface area contributed by atoms with Gasteiger partial charge < -0.3 is 14.8 Å². The second kappa shape index (κ2) is 7.83. The van der Waals surface area contributed by atoms with Gasteiger partial charge in [-0.1, -0.05) is 48.5 Å². The van der Waals surface area contributed by atoms with Crippen LogP contribution < -0.4 is 10.1 Å². The van der Waals surface area contributed by atoms with Gasteiger partial charge in [0.05, 0.1) is 0 Å². The fourth-order valence-electron chi connectivity index (χ4n) is 1.75. The van der Waals surface area contributed by atoms with Gasteiger partial charge in [-0.3, -0.25) is 0 Å². The van der Waals surface area contributed by atoms with Crippen molar-refractivity contribution < 1.29 is 19.1 Å². The van der Waals surface area contributed by atoms with Crippen molar-refractivity contribution in [3.05, 3.63) is 65.7 Å². The maximum absolute atomic E-state index is 11.7. The molecule has 0 bridgehead atoms. The van der Waals surface area contributed by atoms with Gasteiger partial charge in [-0.25, -0.2) is 9.59 Å². The topological polar surface area (TPSA) is 64.6 Å². The number of rotatable bonds is 5. The summed E-state index contributed by atoms with van der Waals surface area (Å²) in [5.41, 5.74) is 1.72. The van der Waals surface area contributed by atoms with E-state index in [0.29, 0.717) is 5.75 Å². The van der Waals surface area contributed by atoms with E-state index in [1.165, 1.54) is 0 Å². The summed E-state index contributed by atoms with van der Waals surface area (Å²) in [7, 11) is 0. The highest BCUT2D eigenvalue weighted by atomic mass is 16.6. The van der Waals surface area contributed by atoms with E-state index in [9.17, 15) is 9.59 Å². The molecule has 0 aliphatic rings. The third-order valence-electron chi connectivity index (χ3n) is 2.91. The fourth-order valence-corrected chi connectivity index (χ4v) is 1.75. The monoisotopic (exact) mass is 299 g/mol. The SMILES string of the molecule is Cc1ccccc1OC(=O)CNC(=O)OCc1ccccc1. The predicted molar refractivity (Wildman–Crippen MR) is 81.4 cm³/mol. The van der Waals surface area contributed by atoms with Crippen molar-refractivity contribution in [3.63, 3.8) is 0 Å². The Morgan fingerprint density at radius 3 is 2.41 bits per heavy atom. The Labute approximate surface area is 128 Å². The third-order valence-corrected chi connectivity index (χ3v) is 2.91. The largest absolute Gasteiger partial charge is 0.445 e. The first-order valence-electron chi connectivity index (χ1n) is 6.86. The van der Waals surface area contributed by atoms with E-state index < -0.39 is 12.1 Å². The number of amides is 1. The van der Waals surface area contributed by atoms with Crippen molar-refractivity contribution in [2.75, 3.05) is 6.54 Å². The van der Waals surface area contributed by atoms with Crippen molar-refractivity contribution >= 4 is 12.1 Å². The summed E-state index contributed by atoms with van der Waals surface area (Å²) in [6.45, 7) is 1.74. The molecule has 0 atom stereocenters. The average Bonchev–Trinajstić information content (AvgIpc) is 2.54. The van der Waals surface area contributed by atoms with Crippen LogP contribution in [-0.2, 0) is 16.1 Å². The van der Waals surface area contributed by atoms with Crippen molar-refractivity contribution in [2.45, 2.75) is 13.5 Å². The Bertz CT molecular complexity index is 640. The smallest absolute Gasteiger partial charge is 0.407 e. The van der Waals surface area contributed by atoms with E-state index >= 15 is 0 Å². The molecule has 0 heterocycles. The van der Waals surface area contributed by atoms with Gasteiger partial charge in [-0.2, -0.15) is 0 Å². The molecule has 0 saturated heterocycles. The van der Waals surface area contributed by atoms with Gasteiger partial charge in [0, 0.05) is 0 Å². The molecule has 0 aliphatic carbocycles. The molecule has 5 nitrogen and oxygen atoms in total. The molecule has 5 heteroatoms. The Balaban J connectivity index is 1.72. The number of benzene rings is 2. The van der Waals surface area contributed by atoms with Crippen LogP contribution in [0, 0.1) is 6.92 Å². The van der Waals surface area contributed by atoms with Crippen LogP contribution in [0.5, 0.6) is 5.75 Å². The highest BCUT2D eigenvalue weighted by molar-refractivity contribution is 5.79. The summed E-state index contributed by atoms with van der Waals surface area (Å²) < 4.78 is 10.1. The van der Waals surface area contributed by atoms with Crippen molar-refractivity contribution in [1.82, 2.24) is 5.32 Å². The van der Waals surface area contributed by atoms with Gasteiger partial charge in [0.2, 0.25) is 0 Å². The van der Waals surface area contributed by atoms with Gasteiger partial charge >= 0.3 is 12.1 Å². The third kappa shape index (κ3) is 4.94. The molecule has 2 rings (SSSR count). The molecule has 0 radical (unpaired) electrons. The van der Waals surface area contributed by atoms with E-state index in [1.54, 1.807) is 12.1 Å². The minimum atomic E-state index is -0.661. The molecule has 0 unspecified atom stereocenters. The van der Waals surface area contributed by atoms with Crippen LogP contribution in [0.2, 0.25) is 0 Å². The predicted octanol–water partition coefficient (Wildman–Crippen LogP) is 2.83. The van der Waals surface area contributed by atoms with E-state index in [0.717, 1.165) is 11.1 Å². The maximum Gasteiger partial charge on any atom is 0.407 e. The zero-order valence-corrected chi connectivity index (χ0v) is 12.2. The van der Waals surface area contributed by atoms with Crippen LogP contribution in [0.15, 0.2) is 54.6 Å². The minimum Gasteiger partial charge on any atom is -0.445 e. The first-order chi connectivity index (χ1) is 10.6. The van der Waals surface area contributed by atoms with Gasteiger partial charge in [0.25, 0.3) is 0 Å². The average molecular weight is 299 g/mol. The number of nitrogens with one attached hydrogen (secondary N) is 1. The lowest BCUT2D eigenvalue weighted by molar-refractivity contribution is -0.133. The van der Waals surface area contributed by atoms with Crippen LogP contribution in [0.1, 0.15) is 11.1 Å². The first kappa shape index (κ1) is 15.6. The number of hydrogen-bond donors (Lipinski definition) is 1. The highest BCUT2D eigenvalue weighted by Crippen LogP contribution is 2.15. The number of carbonyl (C=O) groups is 2. The Kier molecular flexibility index (Phi) is 5.54. The van der Waals surface area contributed by atoms with E-state index in [1.807, 2.05) is 49.4 Å². The second-order valence-corrected chi connectivity index (χ2v) is 4.65. The minimum absolute atomic E-state index is 0.152. The lowest BCUT2D eigenvalue weighted by Crippen LogP contribution is -2.32. The van der Waals surface area contributed by atoms with Gasteiger partial charge in [-0.05, 0) is 24.1 Å². The number of carbonyl (C=O) groups excluding carboxylic acids is 2. The van der Waals surface area contributed by atoms with Crippen LogP contribution in [0.4, 0.5) is 4.79 Å². The van der Waals surface area contributed by atoms with Crippen molar-refractivity contribution in [3.8, 4) is 5.75 Å². The number of aryl methyl sites for hydroxylation is 1. The number of alkyl carbamates (subject to hydrolysis) is 1. The molecule has 1 N–H and O–H groups in total. The van der Waals surface area contributed by atoms with Crippen molar-refractivity contribution in [2.24, 2.45) is 0 Å². The number of esters is 1. The molecule has 0 aliphatic heterocycles. The zero-order chi connectivity index (χ0) is 15.8. The molecular weight excluding hydrogens is 282 g/mol. The number of para-hydroxylation sites is 1. The summed E-state index contributed by atoms with van der Waals surface area (Å²) in [5.74, 6) is -0.0714. The quantitative estimate of drug-likeness (QED) is 0.681. The van der Waals surface area contributed by atoms with Gasteiger partial charge in [0.15, 0.2) is 0 Å². The Morgan fingerprint density at radius 2 is 1.68 bits per heavy atom. The molecule has 0 saturated carbocycles. The molecule has 0 spiro atoms. The second-order valence-electron chi connectivity index (χ2n) is 4.65. The zero-order valence-electron chi connectivity index (χ0n) is 12.2. The van der Waals surface area contributed by atoms with Crippen LogP contribution in [-0.4, -0.2) is 18.6 Å². The van der Waals surface area contributed by atoms with Crippen LogP contribution >= 0.6 is 0 Å². The molecule has 114 valence electrons. The van der Waals surface area contributed by atoms with Gasteiger partial charge in [-0.15, -0.1) is 0 Å². The lowest BCUT2D eigenvalue weighted by Gasteiger charge is -2.08. The lowest BCUT2D eigenvalue weighted by atomic mass is 10.2. The van der Waals surface area contributed by atoms with E-state index in [2.05, 4.69) is 5.32 Å². The molecular formula is C17H17NO4. The highest BCUT2D eigenvalue weighted by Gasteiger charge is 2.09. The summed E-state index contributed by atoms with van der Waals surface area (Å²) >= 11 is 0. The number of hydrogen-bond acceptors (Lipinski definition) is 4. The Hall–Kier alpha value is -2.82. The Morgan fingerprint density at radius 1 is 1.00 bits per heavy atom. The van der Waals surface area contributed by atoms with E-state index in [-0.39, 0.29) is 13.2 Å². The van der Waals surface area contributed by atoms with Gasteiger partial charge in [0.1, 0.15) is 18.9 Å². The molecule has 2 aromatic rings. The molecule has 0 aromatic heterocycles. The fraction of sp³-hybridized carbons (Fsp3) is 0.176. The standard InChI is InChI=1S/C17H17NO4/c1-13-7-5-6-10-15(13)22-16(19)11-18-17(20)21-12-14-8-3-2-4-9-14/h2-10H,11-12H2,1H3,(H,18,20). The molecule has 2 aromatic carbocycles. The maximum atomic E-state index is 11.7. The van der Waals surface area contributed by atoms with Crippen LogP contribution in [0.25, 0.3) is 0 Å². The molecule has 0 fully saturated rings. The van der Waals surface area contributed by atoms with Crippen LogP contribution in [0.3, 0.4) is 0 Å². The molecule has 22 heavy (non-hydrogen) atoms. The first-order valence-corrected chi connectivity index (χ1v) is 6.86. The van der Waals surface area contributed by atoms with E-state index in [4.69, 9.17) is 9.47 Å².